The van der Waals surface area contributed by atoms with Crippen LogP contribution in [0.1, 0.15) is 5.56 Å². The molecule has 0 fully saturated rings. The molecule has 0 bridgehead atoms. The highest BCUT2D eigenvalue weighted by atomic mass is 79.9. The molecule has 1 N–H and O–H groups in total. The molecule has 0 atom stereocenters. The molecule has 110 valence electrons. The predicted octanol–water partition coefficient (Wildman–Crippen LogP) is 4.57. The van der Waals surface area contributed by atoms with Gasteiger partial charge >= 0.3 is 0 Å². The SMILES string of the molecule is COc1cc(C=NNc2ccc(Br)cc2)cc(Cl)c1OC. The molecule has 0 heterocycles. The largest absolute Gasteiger partial charge is 0.493 e. The standard InChI is InChI=1S/C15H14BrClN2O2/c1-20-14-8-10(7-13(17)15(14)21-2)9-18-19-12-5-3-11(16)4-6-12/h3-9,19H,1-2H3. The van der Waals surface area contributed by atoms with Gasteiger partial charge in [-0.05, 0) is 42.0 Å². The summed E-state index contributed by atoms with van der Waals surface area (Å²) in [6.45, 7) is 0. The Hall–Kier alpha value is -1.72. The van der Waals surface area contributed by atoms with Gasteiger partial charge in [-0.2, -0.15) is 5.10 Å². The monoisotopic (exact) mass is 368 g/mol. The van der Waals surface area contributed by atoms with Crippen LogP contribution in [-0.2, 0) is 0 Å². The van der Waals surface area contributed by atoms with Crippen molar-refractivity contribution in [1.82, 2.24) is 0 Å². The van der Waals surface area contributed by atoms with Crippen molar-refractivity contribution in [2.75, 3.05) is 19.6 Å². The number of hydrogen-bond donors (Lipinski definition) is 1. The maximum atomic E-state index is 6.13. The van der Waals surface area contributed by atoms with Crippen LogP contribution in [0.3, 0.4) is 0 Å². The average Bonchev–Trinajstić information content (AvgIpc) is 2.48. The van der Waals surface area contributed by atoms with Crippen molar-refractivity contribution in [2.24, 2.45) is 5.10 Å². The van der Waals surface area contributed by atoms with Crippen molar-refractivity contribution < 1.29 is 9.47 Å². The molecule has 2 aromatic carbocycles. The molecule has 0 saturated carbocycles. The van der Waals surface area contributed by atoms with E-state index in [0.29, 0.717) is 16.5 Å². The van der Waals surface area contributed by atoms with Crippen LogP contribution in [0, 0.1) is 0 Å². The van der Waals surface area contributed by atoms with Gasteiger partial charge in [0.2, 0.25) is 0 Å². The second-order valence-electron chi connectivity index (χ2n) is 4.12. The van der Waals surface area contributed by atoms with Gasteiger partial charge in [-0.25, -0.2) is 0 Å². The summed E-state index contributed by atoms with van der Waals surface area (Å²) in [4.78, 5) is 0. The Morgan fingerprint density at radius 1 is 1.14 bits per heavy atom. The molecule has 4 nitrogen and oxygen atoms in total. The fraction of sp³-hybridized carbons (Fsp3) is 0.133. The van der Waals surface area contributed by atoms with Gasteiger partial charge in [0.1, 0.15) is 0 Å². The van der Waals surface area contributed by atoms with E-state index in [9.17, 15) is 0 Å². The predicted molar refractivity (Wildman–Crippen MR) is 89.9 cm³/mol. The summed E-state index contributed by atoms with van der Waals surface area (Å²) in [5, 5.41) is 4.64. The fourth-order valence-electron chi connectivity index (χ4n) is 1.72. The van der Waals surface area contributed by atoms with Gasteiger partial charge in [-0.3, -0.25) is 5.43 Å². The van der Waals surface area contributed by atoms with Gasteiger partial charge in [0, 0.05) is 4.47 Å². The quantitative estimate of drug-likeness (QED) is 0.620. The molecule has 0 amide bonds. The van der Waals surface area contributed by atoms with Crippen molar-refractivity contribution in [2.45, 2.75) is 0 Å². The minimum absolute atomic E-state index is 0.474. The molecule has 21 heavy (non-hydrogen) atoms. The lowest BCUT2D eigenvalue weighted by atomic mass is 10.2. The summed E-state index contributed by atoms with van der Waals surface area (Å²) >= 11 is 9.52. The van der Waals surface area contributed by atoms with E-state index in [1.165, 1.54) is 0 Å². The number of halogens is 2. The second-order valence-corrected chi connectivity index (χ2v) is 5.44. The molecule has 2 aromatic rings. The Morgan fingerprint density at radius 3 is 2.48 bits per heavy atom. The number of anilines is 1. The third-order valence-electron chi connectivity index (χ3n) is 2.71. The van der Waals surface area contributed by atoms with Crippen LogP contribution in [0.25, 0.3) is 0 Å². The Balaban J connectivity index is 2.13. The van der Waals surface area contributed by atoms with Crippen LogP contribution in [0.2, 0.25) is 5.02 Å². The Morgan fingerprint density at radius 2 is 1.86 bits per heavy atom. The zero-order valence-corrected chi connectivity index (χ0v) is 13.9. The zero-order valence-electron chi connectivity index (χ0n) is 11.6. The lowest BCUT2D eigenvalue weighted by Gasteiger charge is -2.10. The first-order valence-corrected chi connectivity index (χ1v) is 7.27. The Bertz CT molecular complexity index is 645. The van der Waals surface area contributed by atoms with Crippen molar-refractivity contribution in [1.29, 1.82) is 0 Å². The Labute approximate surface area is 136 Å². The number of nitrogens with one attached hydrogen (secondary N) is 1. The number of hydrazone groups is 1. The summed E-state index contributed by atoms with van der Waals surface area (Å²) in [5.74, 6) is 1.08. The first-order valence-electron chi connectivity index (χ1n) is 6.10. The molecule has 6 heteroatoms. The van der Waals surface area contributed by atoms with E-state index in [0.717, 1.165) is 15.7 Å². The minimum atomic E-state index is 0.474. The van der Waals surface area contributed by atoms with Crippen molar-refractivity contribution in [3.05, 3.63) is 51.5 Å². The normalized spacial score (nSPS) is 10.7. The third kappa shape index (κ3) is 4.12. The molecular weight excluding hydrogens is 356 g/mol. The van der Waals surface area contributed by atoms with E-state index in [1.54, 1.807) is 32.6 Å². The zero-order chi connectivity index (χ0) is 15.2. The van der Waals surface area contributed by atoms with E-state index in [-0.39, 0.29) is 0 Å². The number of methoxy groups -OCH3 is 2. The smallest absolute Gasteiger partial charge is 0.179 e. The van der Waals surface area contributed by atoms with E-state index >= 15 is 0 Å². The number of rotatable bonds is 5. The summed E-state index contributed by atoms with van der Waals surface area (Å²) in [6.07, 6.45) is 1.66. The second kappa shape index (κ2) is 7.33. The van der Waals surface area contributed by atoms with Crippen LogP contribution >= 0.6 is 27.5 Å². The molecule has 0 aliphatic heterocycles. The summed E-state index contributed by atoms with van der Waals surface area (Å²) < 4.78 is 11.4. The Kier molecular flexibility index (Phi) is 5.47. The van der Waals surface area contributed by atoms with Gasteiger partial charge in [0.25, 0.3) is 0 Å². The number of ether oxygens (including phenoxy) is 2. The minimum Gasteiger partial charge on any atom is -0.493 e. The van der Waals surface area contributed by atoms with Crippen LogP contribution < -0.4 is 14.9 Å². The molecule has 0 radical (unpaired) electrons. The number of benzene rings is 2. The van der Waals surface area contributed by atoms with E-state index < -0.39 is 0 Å². The van der Waals surface area contributed by atoms with Crippen molar-refractivity contribution in [3.8, 4) is 11.5 Å². The molecule has 0 spiro atoms. The van der Waals surface area contributed by atoms with Crippen molar-refractivity contribution >= 4 is 39.4 Å². The van der Waals surface area contributed by atoms with Crippen LogP contribution in [0.4, 0.5) is 5.69 Å². The highest BCUT2D eigenvalue weighted by molar-refractivity contribution is 9.10. The highest BCUT2D eigenvalue weighted by Gasteiger charge is 2.09. The molecule has 0 unspecified atom stereocenters. The van der Waals surface area contributed by atoms with Gasteiger partial charge in [-0.1, -0.05) is 27.5 Å². The fourth-order valence-corrected chi connectivity index (χ4v) is 2.28. The van der Waals surface area contributed by atoms with Crippen LogP contribution in [0.5, 0.6) is 11.5 Å². The van der Waals surface area contributed by atoms with Crippen molar-refractivity contribution in [3.63, 3.8) is 0 Å². The molecule has 0 aliphatic rings. The van der Waals surface area contributed by atoms with Gasteiger partial charge in [0.05, 0.1) is 31.1 Å². The number of hydrogen-bond acceptors (Lipinski definition) is 4. The highest BCUT2D eigenvalue weighted by Crippen LogP contribution is 2.35. The van der Waals surface area contributed by atoms with Gasteiger partial charge in [0.15, 0.2) is 11.5 Å². The topological polar surface area (TPSA) is 42.8 Å². The molecule has 0 aliphatic carbocycles. The maximum Gasteiger partial charge on any atom is 0.179 e. The third-order valence-corrected chi connectivity index (χ3v) is 3.52. The lowest BCUT2D eigenvalue weighted by molar-refractivity contribution is 0.355. The van der Waals surface area contributed by atoms with E-state index in [1.807, 2.05) is 24.3 Å². The van der Waals surface area contributed by atoms with Crippen LogP contribution in [0.15, 0.2) is 46.0 Å². The lowest BCUT2D eigenvalue weighted by Crippen LogP contribution is -1.95. The first-order chi connectivity index (χ1) is 10.1. The number of nitrogens with zero attached hydrogens (tertiary/aromatic N) is 1. The average molecular weight is 370 g/mol. The summed E-state index contributed by atoms with van der Waals surface area (Å²) in [5.41, 5.74) is 4.64. The van der Waals surface area contributed by atoms with Gasteiger partial charge in [-0.15, -0.1) is 0 Å². The summed E-state index contributed by atoms with van der Waals surface area (Å²) in [7, 11) is 3.11. The maximum absolute atomic E-state index is 6.13. The molecule has 0 aromatic heterocycles. The van der Waals surface area contributed by atoms with E-state index in [2.05, 4.69) is 26.5 Å². The summed E-state index contributed by atoms with van der Waals surface area (Å²) in [6, 6.07) is 11.3. The van der Waals surface area contributed by atoms with Crippen LogP contribution in [-0.4, -0.2) is 20.4 Å². The molecule has 2 rings (SSSR count). The van der Waals surface area contributed by atoms with Gasteiger partial charge < -0.3 is 9.47 Å². The van der Waals surface area contributed by atoms with E-state index in [4.69, 9.17) is 21.1 Å². The molecule has 0 saturated heterocycles. The molecular formula is C15H14BrClN2O2. The first kappa shape index (κ1) is 15.7.